The smallest absolute Gasteiger partial charge is 0.0550 e. The first-order valence-corrected chi connectivity index (χ1v) is 3.44. The van der Waals surface area contributed by atoms with E-state index >= 15 is 0 Å². The van der Waals surface area contributed by atoms with E-state index in [2.05, 4.69) is 13.8 Å². The summed E-state index contributed by atoms with van der Waals surface area (Å²) in [5.41, 5.74) is 0. The van der Waals surface area contributed by atoms with Gasteiger partial charge in [0.15, 0.2) is 0 Å². The molecule has 0 aromatic rings. The fourth-order valence-corrected chi connectivity index (χ4v) is 1.23. The van der Waals surface area contributed by atoms with E-state index in [1.807, 2.05) is 0 Å². The SMILES string of the molecule is CC1CCC[C@@H](C)O1. The third-order valence-electron chi connectivity index (χ3n) is 1.69. The fraction of sp³-hybridized carbons (Fsp3) is 1.00. The van der Waals surface area contributed by atoms with Gasteiger partial charge in [0.1, 0.15) is 0 Å². The molecule has 1 nitrogen and oxygen atoms in total. The van der Waals surface area contributed by atoms with Gasteiger partial charge in [0.05, 0.1) is 12.2 Å². The Labute approximate surface area is 51.0 Å². The molecule has 1 fully saturated rings. The summed E-state index contributed by atoms with van der Waals surface area (Å²) < 4.78 is 5.49. The molecule has 1 unspecified atom stereocenters. The topological polar surface area (TPSA) is 9.23 Å². The average Bonchev–Trinajstić information content (AvgIpc) is 1.64. The van der Waals surface area contributed by atoms with Gasteiger partial charge in [0, 0.05) is 0 Å². The molecule has 48 valence electrons. The van der Waals surface area contributed by atoms with Gasteiger partial charge in [-0.25, -0.2) is 0 Å². The molecule has 1 rings (SSSR count). The van der Waals surface area contributed by atoms with Crippen LogP contribution in [0.15, 0.2) is 0 Å². The fourth-order valence-electron chi connectivity index (χ4n) is 1.23. The summed E-state index contributed by atoms with van der Waals surface area (Å²) in [5.74, 6) is 0. The van der Waals surface area contributed by atoms with Crippen LogP contribution in [0.1, 0.15) is 33.1 Å². The summed E-state index contributed by atoms with van der Waals surface area (Å²) in [6.45, 7) is 4.30. The summed E-state index contributed by atoms with van der Waals surface area (Å²) in [5, 5.41) is 0. The summed E-state index contributed by atoms with van der Waals surface area (Å²) in [6.07, 6.45) is 4.88. The van der Waals surface area contributed by atoms with Crippen molar-refractivity contribution in [2.75, 3.05) is 0 Å². The van der Waals surface area contributed by atoms with E-state index in [1.165, 1.54) is 19.3 Å². The van der Waals surface area contributed by atoms with Crippen molar-refractivity contribution in [2.45, 2.75) is 45.3 Å². The summed E-state index contributed by atoms with van der Waals surface area (Å²) >= 11 is 0. The second-order valence-electron chi connectivity index (χ2n) is 2.69. The minimum absolute atomic E-state index is 0.513. The molecule has 8 heavy (non-hydrogen) atoms. The van der Waals surface area contributed by atoms with Gasteiger partial charge in [-0.1, -0.05) is 0 Å². The lowest BCUT2D eigenvalue weighted by Crippen LogP contribution is -2.22. The second-order valence-corrected chi connectivity index (χ2v) is 2.69. The van der Waals surface area contributed by atoms with E-state index in [0.717, 1.165) is 0 Å². The first-order valence-electron chi connectivity index (χ1n) is 3.44. The molecule has 0 bridgehead atoms. The molecule has 1 heteroatoms. The molecule has 1 saturated heterocycles. The van der Waals surface area contributed by atoms with Gasteiger partial charge in [-0.05, 0) is 33.1 Å². The molecule has 0 radical (unpaired) electrons. The molecule has 0 saturated carbocycles. The van der Waals surface area contributed by atoms with E-state index in [9.17, 15) is 0 Å². The van der Waals surface area contributed by atoms with E-state index in [0.29, 0.717) is 12.2 Å². The Morgan fingerprint density at radius 3 is 1.88 bits per heavy atom. The Morgan fingerprint density at radius 2 is 1.62 bits per heavy atom. The maximum Gasteiger partial charge on any atom is 0.0550 e. The number of hydrogen-bond donors (Lipinski definition) is 0. The standard InChI is InChI=1S/C7H14O/c1-6-4-3-5-7(2)8-6/h6-7H,3-5H2,1-2H3/t6-,7?/m1/s1. The highest BCUT2D eigenvalue weighted by Gasteiger charge is 2.13. The van der Waals surface area contributed by atoms with Gasteiger partial charge in [-0.3, -0.25) is 0 Å². The maximum absolute atomic E-state index is 5.49. The van der Waals surface area contributed by atoms with Crippen LogP contribution in [-0.2, 0) is 4.74 Å². The third kappa shape index (κ3) is 1.48. The molecule has 2 atom stereocenters. The first-order chi connectivity index (χ1) is 3.79. The van der Waals surface area contributed by atoms with Crippen LogP contribution in [0.25, 0.3) is 0 Å². The van der Waals surface area contributed by atoms with E-state index in [-0.39, 0.29) is 0 Å². The van der Waals surface area contributed by atoms with Gasteiger partial charge in [0.2, 0.25) is 0 Å². The maximum atomic E-state index is 5.49. The van der Waals surface area contributed by atoms with Gasteiger partial charge in [0.25, 0.3) is 0 Å². The van der Waals surface area contributed by atoms with Crippen LogP contribution >= 0.6 is 0 Å². The van der Waals surface area contributed by atoms with Crippen molar-refractivity contribution in [2.24, 2.45) is 0 Å². The zero-order valence-electron chi connectivity index (χ0n) is 5.68. The molecule has 0 spiro atoms. The zero-order chi connectivity index (χ0) is 5.98. The lowest BCUT2D eigenvalue weighted by atomic mass is 10.1. The van der Waals surface area contributed by atoms with Crippen LogP contribution in [0.4, 0.5) is 0 Å². The zero-order valence-corrected chi connectivity index (χ0v) is 5.68. The highest BCUT2D eigenvalue weighted by Crippen LogP contribution is 2.17. The summed E-state index contributed by atoms with van der Waals surface area (Å²) in [7, 11) is 0. The minimum Gasteiger partial charge on any atom is -0.376 e. The van der Waals surface area contributed by atoms with Crippen LogP contribution in [0.5, 0.6) is 0 Å². The Balaban J connectivity index is 2.23. The first kappa shape index (κ1) is 6.09. The van der Waals surface area contributed by atoms with Gasteiger partial charge >= 0.3 is 0 Å². The molecular formula is C7H14O. The van der Waals surface area contributed by atoms with Gasteiger partial charge in [-0.2, -0.15) is 0 Å². The predicted octanol–water partition coefficient (Wildman–Crippen LogP) is 1.96. The Bertz CT molecular complexity index is 62.8. The summed E-state index contributed by atoms with van der Waals surface area (Å²) in [6, 6.07) is 0. The highest BCUT2D eigenvalue weighted by molar-refractivity contribution is 4.63. The second kappa shape index (κ2) is 2.49. The molecule has 0 aromatic heterocycles. The quantitative estimate of drug-likeness (QED) is 0.468. The van der Waals surface area contributed by atoms with Crippen molar-refractivity contribution in [3.05, 3.63) is 0 Å². The highest BCUT2D eigenvalue weighted by atomic mass is 16.5. The molecular weight excluding hydrogens is 100 g/mol. The monoisotopic (exact) mass is 114 g/mol. The van der Waals surface area contributed by atoms with Crippen molar-refractivity contribution in [3.63, 3.8) is 0 Å². The van der Waals surface area contributed by atoms with E-state index < -0.39 is 0 Å². The normalized spacial score (nSPS) is 39.8. The van der Waals surface area contributed by atoms with E-state index in [4.69, 9.17) is 4.74 Å². The average molecular weight is 114 g/mol. The van der Waals surface area contributed by atoms with Crippen molar-refractivity contribution >= 4 is 0 Å². The van der Waals surface area contributed by atoms with Gasteiger partial charge in [-0.15, -0.1) is 0 Å². The number of hydrogen-bond acceptors (Lipinski definition) is 1. The summed E-state index contributed by atoms with van der Waals surface area (Å²) in [4.78, 5) is 0. The van der Waals surface area contributed by atoms with Crippen LogP contribution in [-0.4, -0.2) is 12.2 Å². The number of ether oxygens (including phenoxy) is 1. The van der Waals surface area contributed by atoms with E-state index in [1.54, 1.807) is 0 Å². The molecule has 1 aliphatic rings. The third-order valence-corrected chi connectivity index (χ3v) is 1.69. The van der Waals surface area contributed by atoms with Crippen molar-refractivity contribution in [1.82, 2.24) is 0 Å². The molecule has 1 aliphatic heterocycles. The van der Waals surface area contributed by atoms with Crippen molar-refractivity contribution in [1.29, 1.82) is 0 Å². The minimum atomic E-state index is 0.513. The Morgan fingerprint density at radius 1 is 1.12 bits per heavy atom. The molecule has 0 aliphatic carbocycles. The lowest BCUT2D eigenvalue weighted by molar-refractivity contribution is -0.0292. The van der Waals surface area contributed by atoms with Crippen LogP contribution in [0.3, 0.4) is 0 Å². The Hall–Kier alpha value is -0.0400. The molecule has 1 heterocycles. The van der Waals surface area contributed by atoms with Crippen molar-refractivity contribution < 1.29 is 4.74 Å². The van der Waals surface area contributed by atoms with Crippen LogP contribution < -0.4 is 0 Å². The van der Waals surface area contributed by atoms with Crippen LogP contribution in [0, 0.1) is 0 Å². The molecule has 0 amide bonds. The predicted molar refractivity (Wildman–Crippen MR) is 33.9 cm³/mol. The lowest BCUT2D eigenvalue weighted by Gasteiger charge is -2.24. The molecule has 0 aromatic carbocycles. The van der Waals surface area contributed by atoms with Gasteiger partial charge < -0.3 is 4.74 Å². The van der Waals surface area contributed by atoms with Crippen LogP contribution in [0.2, 0.25) is 0 Å². The number of rotatable bonds is 0. The molecule has 0 N–H and O–H groups in total. The van der Waals surface area contributed by atoms with Crippen molar-refractivity contribution in [3.8, 4) is 0 Å². The largest absolute Gasteiger partial charge is 0.376 e. The Kier molecular flexibility index (Phi) is 1.90.